The van der Waals surface area contributed by atoms with Gasteiger partial charge in [-0.15, -0.1) is 0 Å². The highest BCUT2D eigenvalue weighted by atomic mass is 19.4. The molecule has 0 heterocycles. The number of amides is 1. The predicted molar refractivity (Wildman–Crippen MR) is 57.0 cm³/mol. The number of hydrogen-bond acceptors (Lipinski definition) is 2. The molecule has 0 atom stereocenters. The molecule has 0 aromatic heterocycles. The smallest absolute Gasteiger partial charge is 0.397 e. The molecule has 0 radical (unpaired) electrons. The van der Waals surface area contributed by atoms with Crippen molar-refractivity contribution in [2.24, 2.45) is 0 Å². The fourth-order valence-electron chi connectivity index (χ4n) is 1.30. The van der Waals surface area contributed by atoms with Crippen LogP contribution in [-0.4, -0.2) is 19.2 Å². The van der Waals surface area contributed by atoms with Crippen molar-refractivity contribution in [3.05, 3.63) is 23.8 Å². The number of alkyl halides is 3. The monoisotopic (exact) mass is 247 g/mol. The highest BCUT2D eigenvalue weighted by Gasteiger charge is 2.31. The number of ether oxygens (including phenoxy) is 1. The lowest BCUT2D eigenvalue weighted by atomic mass is 10.2. The third-order valence-electron chi connectivity index (χ3n) is 1.99. The molecule has 1 aromatic carbocycles. The Morgan fingerprint density at radius 1 is 1.41 bits per heavy atom. The van der Waals surface area contributed by atoms with Crippen LogP contribution < -0.4 is 10.1 Å². The molecule has 1 N–H and O–H groups in total. The zero-order valence-corrected chi connectivity index (χ0v) is 9.39. The molecule has 0 saturated carbocycles. The van der Waals surface area contributed by atoms with Gasteiger partial charge in [-0.25, -0.2) is 0 Å². The van der Waals surface area contributed by atoms with Crippen LogP contribution in [0.15, 0.2) is 18.2 Å². The maximum absolute atomic E-state index is 12.0. The second kappa shape index (κ2) is 5.07. The largest absolute Gasteiger partial charge is 0.495 e. The average molecular weight is 247 g/mol. The van der Waals surface area contributed by atoms with Crippen LogP contribution in [0, 0.1) is 6.92 Å². The lowest BCUT2D eigenvalue weighted by molar-refractivity contribution is -0.150. The van der Waals surface area contributed by atoms with E-state index in [0.29, 0.717) is 5.75 Å². The van der Waals surface area contributed by atoms with Gasteiger partial charge in [0.05, 0.1) is 12.8 Å². The summed E-state index contributed by atoms with van der Waals surface area (Å²) < 4.78 is 40.9. The second-order valence-corrected chi connectivity index (χ2v) is 3.54. The fraction of sp³-hybridized carbons (Fsp3) is 0.364. The molecule has 0 aliphatic heterocycles. The summed E-state index contributed by atoms with van der Waals surface area (Å²) in [6.07, 6.45) is -6.02. The average Bonchev–Trinajstić information content (AvgIpc) is 2.14. The summed E-state index contributed by atoms with van der Waals surface area (Å²) in [4.78, 5) is 11.1. The Morgan fingerprint density at radius 2 is 2.06 bits per heavy atom. The van der Waals surface area contributed by atoms with E-state index in [4.69, 9.17) is 4.74 Å². The van der Waals surface area contributed by atoms with Crippen LogP contribution in [0.1, 0.15) is 12.0 Å². The Hall–Kier alpha value is -1.72. The molecule has 0 spiro atoms. The Labute approximate surface area is 96.6 Å². The van der Waals surface area contributed by atoms with Crippen molar-refractivity contribution in [1.82, 2.24) is 0 Å². The fourth-order valence-corrected chi connectivity index (χ4v) is 1.30. The van der Waals surface area contributed by atoms with Crippen molar-refractivity contribution >= 4 is 11.6 Å². The maximum atomic E-state index is 12.0. The predicted octanol–water partition coefficient (Wildman–Crippen LogP) is 2.89. The van der Waals surface area contributed by atoms with Crippen LogP contribution in [0.5, 0.6) is 5.75 Å². The zero-order chi connectivity index (χ0) is 13.1. The Kier molecular flexibility index (Phi) is 3.98. The van der Waals surface area contributed by atoms with Crippen LogP contribution in [0.4, 0.5) is 18.9 Å². The summed E-state index contributed by atoms with van der Waals surface area (Å²) in [6, 6.07) is 4.86. The molecule has 0 fully saturated rings. The van der Waals surface area contributed by atoms with Crippen LogP contribution in [-0.2, 0) is 4.79 Å². The van der Waals surface area contributed by atoms with Gasteiger partial charge in [0, 0.05) is 0 Å². The summed E-state index contributed by atoms with van der Waals surface area (Å²) in [5.41, 5.74) is 1.05. The Balaban J connectivity index is 2.80. The first-order chi connectivity index (χ1) is 7.81. The lowest BCUT2D eigenvalue weighted by Crippen LogP contribution is -2.21. The van der Waals surface area contributed by atoms with Gasteiger partial charge < -0.3 is 10.1 Å². The van der Waals surface area contributed by atoms with Crippen molar-refractivity contribution in [2.45, 2.75) is 19.5 Å². The number of hydrogen-bond donors (Lipinski definition) is 1. The molecular formula is C11H12F3NO2. The van der Waals surface area contributed by atoms with Crippen molar-refractivity contribution < 1.29 is 22.7 Å². The van der Waals surface area contributed by atoms with Crippen LogP contribution in [0.2, 0.25) is 0 Å². The topological polar surface area (TPSA) is 38.3 Å². The van der Waals surface area contributed by atoms with E-state index in [9.17, 15) is 18.0 Å². The third-order valence-corrected chi connectivity index (χ3v) is 1.99. The molecule has 0 aliphatic carbocycles. The Morgan fingerprint density at radius 3 is 2.59 bits per heavy atom. The van der Waals surface area contributed by atoms with Gasteiger partial charge in [-0.2, -0.15) is 13.2 Å². The molecule has 6 heteroatoms. The number of carbonyl (C=O) groups is 1. The van der Waals surface area contributed by atoms with Crippen molar-refractivity contribution in [3.63, 3.8) is 0 Å². The number of carbonyl (C=O) groups excluding carboxylic acids is 1. The van der Waals surface area contributed by atoms with Gasteiger partial charge in [-0.1, -0.05) is 6.07 Å². The SMILES string of the molecule is COc1ccc(C)cc1NC(=O)CC(F)(F)F. The number of anilines is 1. The summed E-state index contributed by atoms with van der Waals surface area (Å²) in [5.74, 6) is -0.785. The molecule has 0 saturated heterocycles. The van der Waals surface area contributed by atoms with E-state index in [-0.39, 0.29) is 5.69 Å². The van der Waals surface area contributed by atoms with Crippen molar-refractivity contribution in [1.29, 1.82) is 0 Å². The standard InChI is InChI=1S/C11H12F3NO2/c1-7-3-4-9(17-2)8(5-7)15-10(16)6-11(12,13)14/h3-5H,6H2,1-2H3,(H,15,16). The van der Waals surface area contributed by atoms with E-state index in [2.05, 4.69) is 5.32 Å². The maximum Gasteiger partial charge on any atom is 0.397 e. The highest BCUT2D eigenvalue weighted by Crippen LogP contribution is 2.26. The van der Waals surface area contributed by atoms with Gasteiger partial charge in [0.1, 0.15) is 12.2 Å². The molecule has 1 rings (SSSR count). The molecule has 1 amide bonds. The molecule has 1 aromatic rings. The van der Waals surface area contributed by atoms with E-state index < -0.39 is 18.5 Å². The van der Waals surface area contributed by atoms with Crippen LogP contribution >= 0.6 is 0 Å². The summed E-state index contributed by atoms with van der Waals surface area (Å²) >= 11 is 0. The number of methoxy groups -OCH3 is 1. The van der Waals surface area contributed by atoms with E-state index in [1.165, 1.54) is 7.11 Å². The quantitative estimate of drug-likeness (QED) is 0.891. The number of benzene rings is 1. The van der Waals surface area contributed by atoms with Gasteiger partial charge in [0.25, 0.3) is 0 Å². The van der Waals surface area contributed by atoms with Gasteiger partial charge in [-0.05, 0) is 24.6 Å². The lowest BCUT2D eigenvalue weighted by Gasteiger charge is -2.11. The summed E-state index contributed by atoms with van der Waals surface area (Å²) in [7, 11) is 1.38. The molecule has 0 bridgehead atoms. The molecule has 94 valence electrons. The van der Waals surface area contributed by atoms with E-state index in [1.807, 2.05) is 0 Å². The summed E-state index contributed by atoms with van der Waals surface area (Å²) in [6.45, 7) is 1.76. The molecule has 3 nitrogen and oxygen atoms in total. The van der Waals surface area contributed by atoms with E-state index in [1.54, 1.807) is 25.1 Å². The highest BCUT2D eigenvalue weighted by molar-refractivity contribution is 5.92. The Bertz CT molecular complexity index is 416. The first kappa shape index (κ1) is 13.3. The first-order valence-corrected chi connectivity index (χ1v) is 4.83. The third kappa shape index (κ3) is 4.34. The number of rotatable bonds is 3. The van der Waals surface area contributed by atoms with Crippen molar-refractivity contribution in [3.8, 4) is 5.75 Å². The van der Waals surface area contributed by atoms with Crippen LogP contribution in [0.3, 0.4) is 0 Å². The minimum Gasteiger partial charge on any atom is -0.495 e. The first-order valence-electron chi connectivity index (χ1n) is 4.83. The molecular weight excluding hydrogens is 235 g/mol. The van der Waals surface area contributed by atoms with Crippen molar-refractivity contribution in [2.75, 3.05) is 12.4 Å². The van der Waals surface area contributed by atoms with Crippen LogP contribution in [0.25, 0.3) is 0 Å². The minimum absolute atomic E-state index is 0.238. The van der Waals surface area contributed by atoms with Gasteiger partial charge in [0.15, 0.2) is 0 Å². The van der Waals surface area contributed by atoms with Gasteiger partial charge >= 0.3 is 6.18 Å². The minimum atomic E-state index is -4.51. The molecule has 0 unspecified atom stereocenters. The van der Waals surface area contributed by atoms with Gasteiger partial charge in [-0.3, -0.25) is 4.79 Å². The number of nitrogens with one attached hydrogen (secondary N) is 1. The number of halogens is 3. The molecule has 0 aliphatic rings. The summed E-state index contributed by atoms with van der Waals surface area (Å²) in [5, 5.41) is 2.17. The number of aryl methyl sites for hydroxylation is 1. The zero-order valence-electron chi connectivity index (χ0n) is 9.39. The van der Waals surface area contributed by atoms with E-state index >= 15 is 0 Å². The second-order valence-electron chi connectivity index (χ2n) is 3.54. The van der Waals surface area contributed by atoms with Gasteiger partial charge in [0.2, 0.25) is 5.91 Å². The normalized spacial score (nSPS) is 11.1. The molecule has 17 heavy (non-hydrogen) atoms. The van der Waals surface area contributed by atoms with E-state index in [0.717, 1.165) is 5.56 Å².